The third kappa shape index (κ3) is 4.63. The molecule has 1 rings (SSSR count). The van der Waals surface area contributed by atoms with Gasteiger partial charge in [-0.25, -0.2) is 0 Å². The van der Waals surface area contributed by atoms with Crippen molar-refractivity contribution in [2.45, 2.75) is 0 Å². The Bertz CT molecular complexity index is 310. The first-order valence-electron chi connectivity index (χ1n) is 5.11. The van der Waals surface area contributed by atoms with Crippen molar-refractivity contribution in [2.24, 2.45) is 5.73 Å². The van der Waals surface area contributed by atoms with Crippen LogP contribution in [0.4, 0.5) is 0 Å². The summed E-state index contributed by atoms with van der Waals surface area (Å²) in [5.41, 5.74) is 6.50. The molecule has 0 unspecified atom stereocenters. The van der Waals surface area contributed by atoms with Crippen molar-refractivity contribution in [3.63, 3.8) is 0 Å². The lowest BCUT2D eigenvalue weighted by Crippen LogP contribution is -2.10. The normalized spacial score (nSPS) is 10.8. The van der Waals surface area contributed by atoms with Gasteiger partial charge in [0.15, 0.2) is 0 Å². The molecule has 1 aromatic carbocycles. The van der Waals surface area contributed by atoms with E-state index >= 15 is 0 Å². The highest BCUT2D eigenvalue weighted by Crippen LogP contribution is 2.13. The van der Waals surface area contributed by atoms with Gasteiger partial charge < -0.3 is 15.8 Å². The SMILES string of the molecule is CNC/C=C/c1cccc(OCCN)c1. The Morgan fingerprint density at radius 3 is 3.07 bits per heavy atom. The molecule has 82 valence electrons. The minimum atomic E-state index is 0.541. The molecule has 0 aromatic heterocycles. The van der Waals surface area contributed by atoms with Crippen LogP contribution in [-0.2, 0) is 0 Å². The minimum absolute atomic E-state index is 0.541. The molecule has 1 aromatic rings. The quantitative estimate of drug-likeness (QED) is 0.736. The maximum atomic E-state index is 5.43. The second kappa shape index (κ2) is 7.04. The first kappa shape index (κ1) is 11.8. The van der Waals surface area contributed by atoms with E-state index in [1.807, 2.05) is 31.3 Å². The monoisotopic (exact) mass is 206 g/mol. The van der Waals surface area contributed by atoms with Crippen molar-refractivity contribution in [1.29, 1.82) is 0 Å². The van der Waals surface area contributed by atoms with Gasteiger partial charge in [-0.3, -0.25) is 0 Å². The van der Waals surface area contributed by atoms with E-state index in [2.05, 4.69) is 17.5 Å². The Hall–Kier alpha value is -1.32. The van der Waals surface area contributed by atoms with Crippen molar-refractivity contribution in [1.82, 2.24) is 5.32 Å². The van der Waals surface area contributed by atoms with Gasteiger partial charge >= 0.3 is 0 Å². The van der Waals surface area contributed by atoms with Crippen LogP contribution in [0.5, 0.6) is 5.75 Å². The van der Waals surface area contributed by atoms with Crippen molar-refractivity contribution in [3.05, 3.63) is 35.9 Å². The van der Waals surface area contributed by atoms with E-state index in [4.69, 9.17) is 10.5 Å². The predicted octanol–water partition coefficient (Wildman–Crippen LogP) is 1.26. The van der Waals surface area contributed by atoms with Crippen LogP contribution in [0.3, 0.4) is 0 Å². The van der Waals surface area contributed by atoms with E-state index in [-0.39, 0.29) is 0 Å². The lowest BCUT2D eigenvalue weighted by molar-refractivity contribution is 0.328. The van der Waals surface area contributed by atoms with Crippen LogP contribution < -0.4 is 15.8 Å². The Morgan fingerprint density at radius 2 is 2.33 bits per heavy atom. The summed E-state index contributed by atoms with van der Waals surface area (Å²) in [6, 6.07) is 7.96. The van der Waals surface area contributed by atoms with Crippen LogP contribution in [0, 0.1) is 0 Å². The fraction of sp³-hybridized carbons (Fsp3) is 0.333. The van der Waals surface area contributed by atoms with Gasteiger partial charge in [0.25, 0.3) is 0 Å². The molecule has 0 spiro atoms. The Kier molecular flexibility index (Phi) is 5.51. The number of hydrogen-bond acceptors (Lipinski definition) is 3. The second-order valence-electron chi connectivity index (χ2n) is 3.17. The summed E-state index contributed by atoms with van der Waals surface area (Å²) >= 11 is 0. The molecule has 0 radical (unpaired) electrons. The van der Waals surface area contributed by atoms with E-state index in [0.29, 0.717) is 13.2 Å². The van der Waals surface area contributed by atoms with Crippen molar-refractivity contribution < 1.29 is 4.74 Å². The summed E-state index contributed by atoms with van der Waals surface area (Å²) in [5, 5.41) is 3.05. The summed E-state index contributed by atoms with van der Waals surface area (Å²) in [7, 11) is 1.92. The number of benzene rings is 1. The van der Waals surface area contributed by atoms with Crippen LogP contribution in [0.25, 0.3) is 6.08 Å². The fourth-order valence-corrected chi connectivity index (χ4v) is 1.20. The standard InChI is InChI=1S/C12H18N2O/c1-14-8-3-5-11-4-2-6-12(10-11)15-9-7-13/h2-6,10,14H,7-9,13H2,1H3/b5-3+. The molecular weight excluding hydrogens is 188 g/mol. The topological polar surface area (TPSA) is 47.3 Å². The van der Waals surface area contributed by atoms with Crippen LogP contribution in [0.2, 0.25) is 0 Å². The highest BCUT2D eigenvalue weighted by atomic mass is 16.5. The highest BCUT2D eigenvalue weighted by Gasteiger charge is 1.93. The molecule has 0 aliphatic carbocycles. The Morgan fingerprint density at radius 1 is 1.47 bits per heavy atom. The average Bonchev–Trinajstić information content (AvgIpc) is 2.27. The number of hydrogen-bond donors (Lipinski definition) is 2. The maximum absolute atomic E-state index is 5.43. The number of nitrogens with one attached hydrogen (secondary N) is 1. The van der Waals surface area contributed by atoms with Gasteiger partial charge in [0, 0.05) is 13.1 Å². The van der Waals surface area contributed by atoms with Gasteiger partial charge in [0.1, 0.15) is 12.4 Å². The van der Waals surface area contributed by atoms with Crippen LogP contribution in [0.1, 0.15) is 5.56 Å². The van der Waals surface area contributed by atoms with E-state index in [1.54, 1.807) is 0 Å². The molecular formula is C12H18N2O. The van der Waals surface area contributed by atoms with Crippen molar-refractivity contribution in [2.75, 3.05) is 26.7 Å². The van der Waals surface area contributed by atoms with Crippen molar-refractivity contribution in [3.8, 4) is 5.75 Å². The smallest absolute Gasteiger partial charge is 0.119 e. The summed E-state index contributed by atoms with van der Waals surface area (Å²) in [6.07, 6.45) is 4.13. The summed E-state index contributed by atoms with van der Waals surface area (Å²) in [5.74, 6) is 0.868. The van der Waals surface area contributed by atoms with E-state index in [0.717, 1.165) is 17.9 Å². The third-order valence-corrected chi connectivity index (χ3v) is 1.88. The lowest BCUT2D eigenvalue weighted by atomic mass is 10.2. The summed E-state index contributed by atoms with van der Waals surface area (Å²) < 4.78 is 5.43. The molecule has 0 fully saturated rings. The van der Waals surface area contributed by atoms with Gasteiger partial charge in [-0.05, 0) is 24.7 Å². The second-order valence-corrected chi connectivity index (χ2v) is 3.17. The van der Waals surface area contributed by atoms with Crippen LogP contribution in [-0.4, -0.2) is 26.7 Å². The predicted molar refractivity (Wildman–Crippen MR) is 64.0 cm³/mol. The molecule has 0 saturated heterocycles. The zero-order valence-electron chi connectivity index (χ0n) is 9.07. The molecule has 0 amide bonds. The van der Waals surface area contributed by atoms with Gasteiger partial charge in [0.05, 0.1) is 0 Å². The van der Waals surface area contributed by atoms with E-state index in [1.165, 1.54) is 0 Å². The lowest BCUT2D eigenvalue weighted by Gasteiger charge is -2.04. The molecule has 15 heavy (non-hydrogen) atoms. The highest BCUT2D eigenvalue weighted by molar-refractivity contribution is 5.51. The molecule has 0 aliphatic heterocycles. The van der Waals surface area contributed by atoms with Gasteiger partial charge in [-0.1, -0.05) is 24.3 Å². The van der Waals surface area contributed by atoms with E-state index < -0.39 is 0 Å². The van der Waals surface area contributed by atoms with Crippen LogP contribution in [0.15, 0.2) is 30.3 Å². The largest absolute Gasteiger partial charge is 0.492 e. The molecule has 0 atom stereocenters. The zero-order chi connectivity index (χ0) is 10.9. The molecule has 0 bridgehead atoms. The Balaban J connectivity index is 2.57. The van der Waals surface area contributed by atoms with Crippen LogP contribution >= 0.6 is 0 Å². The average molecular weight is 206 g/mol. The van der Waals surface area contributed by atoms with Gasteiger partial charge in [-0.15, -0.1) is 0 Å². The summed E-state index contributed by atoms with van der Waals surface area (Å²) in [6.45, 7) is 1.97. The molecule has 0 saturated carbocycles. The molecule has 3 nitrogen and oxygen atoms in total. The number of ether oxygens (including phenoxy) is 1. The van der Waals surface area contributed by atoms with Gasteiger partial charge in [-0.2, -0.15) is 0 Å². The number of likely N-dealkylation sites (N-methyl/N-ethyl adjacent to an activating group) is 1. The molecule has 3 N–H and O–H groups in total. The number of rotatable bonds is 6. The number of nitrogens with two attached hydrogens (primary N) is 1. The zero-order valence-corrected chi connectivity index (χ0v) is 9.07. The molecule has 3 heteroatoms. The molecule has 0 aliphatic rings. The summed E-state index contributed by atoms with van der Waals surface area (Å²) in [4.78, 5) is 0. The first-order chi connectivity index (χ1) is 7.36. The van der Waals surface area contributed by atoms with E-state index in [9.17, 15) is 0 Å². The first-order valence-corrected chi connectivity index (χ1v) is 5.11. The fourth-order valence-electron chi connectivity index (χ4n) is 1.20. The maximum Gasteiger partial charge on any atom is 0.119 e. The van der Waals surface area contributed by atoms with Crippen molar-refractivity contribution >= 4 is 6.08 Å². The molecule has 0 heterocycles. The van der Waals surface area contributed by atoms with Gasteiger partial charge in [0.2, 0.25) is 0 Å². The third-order valence-electron chi connectivity index (χ3n) is 1.88. The Labute approximate surface area is 90.9 Å². The minimum Gasteiger partial charge on any atom is -0.492 e.